The molecule has 2 amide bonds. The van der Waals surface area contributed by atoms with Gasteiger partial charge < -0.3 is 20.1 Å². The van der Waals surface area contributed by atoms with E-state index in [4.69, 9.17) is 4.74 Å². The van der Waals surface area contributed by atoms with E-state index < -0.39 is 0 Å². The van der Waals surface area contributed by atoms with Gasteiger partial charge in [0.15, 0.2) is 0 Å². The van der Waals surface area contributed by atoms with Crippen molar-refractivity contribution in [1.82, 2.24) is 10.2 Å². The minimum Gasteiger partial charge on any atom is -0.396 e. The van der Waals surface area contributed by atoms with Crippen LogP contribution in [0.25, 0.3) is 0 Å². The number of hydrogen-bond acceptors (Lipinski definition) is 3. The molecule has 2 aromatic carbocycles. The van der Waals surface area contributed by atoms with Crippen LogP contribution in [0.3, 0.4) is 0 Å². The lowest BCUT2D eigenvalue weighted by molar-refractivity contribution is -0.0262. The summed E-state index contributed by atoms with van der Waals surface area (Å²) in [6, 6.07) is 20.0. The molecule has 28 heavy (non-hydrogen) atoms. The Morgan fingerprint density at radius 3 is 2.32 bits per heavy atom. The maximum Gasteiger partial charge on any atom is 0.317 e. The summed E-state index contributed by atoms with van der Waals surface area (Å²) in [5.74, 6) is 0. The predicted molar refractivity (Wildman–Crippen MR) is 110 cm³/mol. The Kier molecular flexibility index (Phi) is 7.06. The summed E-state index contributed by atoms with van der Waals surface area (Å²) >= 11 is 0. The molecule has 2 aromatic rings. The Hall–Kier alpha value is -2.37. The van der Waals surface area contributed by atoms with Crippen molar-refractivity contribution >= 4 is 6.03 Å². The highest BCUT2D eigenvalue weighted by molar-refractivity contribution is 5.74. The molecule has 5 heteroatoms. The third kappa shape index (κ3) is 5.33. The zero-order valence-corrected chi connectivity index (χ0v) is 16.5. The number of carbonyl (C=O) groups is 1. The van der Waals surface area contributed by atoms with Gasteiger partial charge in [0.05, 0.1) is 12.6 Å². The lowest BCUT2D eigenvalue weighted by Gasteiger charge is -2.38. The minimum absolute atomic E-state index is 0.0696. The van der Waals surface area contributed by atoms with Crippen LogP contribution >= 0.6 is 0 Å². The van der Waals surface area contributed by atoms with Gasteiger partial charge >= 0.3 is 6.03 Å². The van der Waals surface area contributed by atoms with E-state index in [0.717, 1.165) is 24.8 Å². The quantitative estimate of drug-likeness (QED) is 0.772. The van der Waals surface area contributed by atoms with E-state index in [-0.39, 0.29) is 24.1 Å². The molecule has 0 saturated carbocycles. The van der Waals surface area contributed by atoms with E-state index in [2.05, 4.69) is 17.4 Å². The fourth-order valence-electron chi connectivity index (χ4n) is 3.79. The van der Waals surface area contributed by atoms with Crippen molar-refractivity contribution in [3.05, 3.63) is 71.8 Å². The van der Waals surface area contributed by atoms with E-state index in [1.165, 1.54) is 5.56 Å². The Morgan fingerprint density at radius 2 is 1.71 bits per heavy atom. The zero-order valence-electron chi connectivity index (χ0n) is 16.5. The van der Waals surface area contributed by atoms with E-state index >= 15 is 0 Å². The van der Waals surface area contributed by atoms with Gasteiger partial charge in [-0.3, -0.25) is 0 Å². The summed E-state index contributed by atoms with van der Waals surface area (Å²) in [6.07, 6.45) is 2.27. The lowest BCUT2D eigenvalue weighted by Crippen LogP contribution is -2.48. The standard InChI is InChI=1S/C23H30N2O3/c1-25(17-23(18-26)12-14-28-15-13-23)22(27)24-21(20-10-6-3-7-11-20)16-19-8-4-2-5-9-19/h2-11,21,26H,12-18H2,1H3,(H,24,27)/t21-/m1/s1. The van der Waals surface area contributed by atoms with Crippen LogP contribution in [0, 0.1) is 5.41 Å². The van der Waals surface area contributed by atoms with E-state index in [0.29, 0.717) is 19.8 Å². The van der Waals surface area contributed by atoms with Crippen molar-refractivity contribution < 1.29 is 14.6 Å². The van der Waals surface area contributed by atoms with Gasteiger partial charge in [0.2, 0.25) is 0 Å². The number of aliphatic hydroxyl groups excluding tert-OH is 1. The van der Waals surface area contributed by atoms with Crippen LogP contribution in [0.4, 0.5) is 4.79 Å². The van der Waals surface area contributed by atoms with Crippen molar-refractivity contribution in [2.24, 2.45) is 5.41 Å². The van der Waals surface area contributed by atoms with Crippen LogP contribution in [0.5, 0.6) is 0 Å². The third-order valence-electron chi connectivity index (χ3n) is 5.59. The highest BCUT2D eigenvalue weighted by Crippen LogP contribution is 2.31. The first-order valence-electron chi connectivity index (χ1n) is 9.91. The van der Waals surface area contributed by atoms with E-state index in [1.807, 2.05) is 48.5 Å². The zero-order chi connectivity index (χ0) is 19.8. The van der Waals surface area contributed by atoms with Crippen LogP contribution in [0.15, 0.2) is 60.7 Å². The molecule has 1 heterocycles. The number of benzene rings is 2. The van der Waals surface area contributed by atoms with Crippen molar-refractivity contribution in [2.45, 2.75) is 25.3 Å². The number of aliphatic hydroxyl groups is 1. The highest BCUT2D eigenvalue weighted by Gasteiger charge is 2.34. The van der Waals surface area contributed by atoms with Crippen LogP contribution in [0.2, 0.25) is 0 Å². The van der Waals surface area contributed by atoms with Crippen LogP contribution in [-0.2, 0) is 11.2 Å². The molecule has 1 aliphatic heterocycles. The van der Waals surface area contributed by atoms with Gasteiger partial charge in [0, 0.05) is 32.2 Å². The molecule has 5 nitrogen and oxygen atoms in total. The number of carbonyl (C=O) groups excluding carboxylic acids is 1. The maximum absolute atomic E-state index is 13.0. The summed E-state index contributed by atoms with van der Waals surface area (Å²) in [6.45, 7) is 1.86. The first kappa shape index (κ1) is 20.4. The molecule has 150 valence electrons. The summed E-state index contributed by atoms with van der Waals surface area (Å²) < 4.78 is 5.43. The van der Waals surface area contributed by atoms with Gasteiger partial charge in [0.1, 0.15) is 0 Å². The molecule has 1 aliphatic rings. The van der Waals surface area contributed by atoms with Crippen LogP contribution < -0.4 is 5.32 Å². The average Bonchev–Trinajstić information content (AvgIpc) is 2.75. The number of amides is 2. The van der Waals surface area contributed by atoms with Gasteiger partial charge in [-0.05, 0) is 30.4 Å². The summed E-state index contributed by atoms with van der Waals surface area (Å²) in [4.78, 5) is 14.6. The Labute approximate surface area is 167 Å². The third-order valence-corrected chi connectivity index (χ3v) is 5.59. The van der Waals surface area contributed by atoms with E-state index in [1.54, 1.807) is 11.9 Å². The molecule has 0 bridgehead atoms. The first-order valence-corrected chi connectivity index (χ1v) is 9.91. The molecule has 0 radical (unpaired) electrons. The first-order chi connectivity index (χ1) is 13.6. The number of nitrogens with zero attached hydrogens (tertiary/aromatic N) is 1. The van der Waals surface area contributed by atoms with Gasteiger partial charge in [-0.2, -0.15) is 0 Å². The molecular weight excluding hydrogens is 352 g/mol. The number of rotatable bonds is 7. The molecule has 0 aromatic heterocycles. The molecule has 1 saturated heterocycles. The summed E-state index contributed by atoms with van der Waals surface area (Å²) in [7, 11) is 1.80. The second kappa shape index (κ2) is 9.71. The monoisotopic (exact) mass is 382 g/mol. The molecule has 1 atom stereocenters. The minimum atomic E-state index is -0.272. The van der Waals surface area contributed by atoms with E-state index in [9.17, 15) is 9.90 Å². The molecule has 2 N–H and O–H groups in total. The lowest BCUT2D eigenvalue weighted by atomic mass is 9.80. The Morgan fingerprint density at radius 1 is 1.11 bits per heavy atom. The normalized spacial score (nSPS) is 16.9. The van der Waals surface area contributed by atoms with Gasteiger partial charge in [0.25, 0.3) is 0 Å². The molecule has 3 rings (SSSR count). The summed E-state index contributed by atoms with van der Waals surface area (Å²) in [5.41, 5.74) is 1.98. The fraction of sp³-hybridized carbons (Fsp3) is 0.435. The van der Waals surface area contributed by atoms with Crippen LogP contribution in [-0.4, -0.2) is 49.5 Å². The number of hydrogen-bond donors (Lipinski definition) is 2. The largest absolute Gasteiger partial charge is 0.396 e. The van der Waals surface area contributed by atoms with Crippen molar-refractivity contribution in [2.75, 3.05) is 33.4 Å². The average molecular weight is 383 g/mol. The summed E-state index contributed by atoms with van der Waals surface area (Å²) in [5, 5.41) is 13.1. The topological polar surface area (TPSA) is 61.8 Å². The smallest absolute Gasteiger partial charge is 0.317 e. The Balaban J connectivity index is 1.69. The second-order valence-corrected chi connectivity index (χ2v) is 7.73. The van der Waals surface area contributed by atoms with Gasteiger partial charge in [-0.25, -0.2) is 4.79 Å². The Bertz CT molecular complexity index is 730. The molecule has 0 spiro atoms. The number of ether oxygens (including phenoxy) is 1. The van der Waals surface area contributed by atoms with Crippen LogP contribution in [0.1, 0.15) is 30.0 Å². The predicted octanol–water partition coefficient (Wildman–Crippen LogP) is 3.40. The fourth-order valence-corrected chi connectivity index (χ4v) is 3.79. The highest BCUT2D eigenvalue weighted by atomic mass is 16.5. The van der Waals surface area contributed by atoms with Crippen molar-refractivity contribution in [1.29, 1.82) is 0 Å². The number of urea groups is 1. The van der Waals surface area contributed by atoms with Gasteiger partial charge in [-0.1, -0.05) is 60.7 Å². The molecule has 0 unspecified atom stereocenters. The van der Waals surface area contributed by atoms with Crippen molar-refractivity contribution in [3.8, 4) is 0 Å². The molecular formula is C23H30N2O3. The second-order valence-electron chi connectivity index (χ2n) is 7.73. The van der Waals surface area contributed by atoms with Crippen molar-refractivity contribution in [3.63, 3.8) is 0 Å². The SMILES string of the molecule is CN(CC1(CO)CCOCC1)C(=O)N[C@H](Cc1ccccc1)c1ccccc1. The molecule has 1 fully saturated rings. The number of nitrogens with one attached hydrogen (secondary N) is 1. The maximum atomic E-state index is 13.0. The molecule has 0 aliphatic carbocycles. The van der Waals surface area contributed by atoms with Gasteiger partial charge in [-0.15, -0.1) is 0 Å².